The SMILES string of the molecule is CC(C)(C)C(=O)OCOP(=O)(COCCN1C=NC2C(N)=NC=NC21)OCOC=O. The van der Waals surface area contributed by atoms with E-state index in [0.29, 0.717) is 12.4 Å². The Morgan fingerprint density at radius 2 is 2.03 bits per heavy atom. The van der Waals surface area contributed by atoms with E-state index in [-0.39, 0.29) is 25.3 Å². The Morgan fingerprint density at radius 3 is 2.73 bits per heavy atom. The van der Waals surface area contributed by atoms with E-state index < -0.39 is 38.9 Å². The number of nitrogens with zero attached hydrogens (tertiary/aromatic N) is 4. The van der Waals surface area contributed by atoms with Crippen LogP contribution in [0.5, 0.6) is 0 Å². The molecule has 3 atom stereocenters. The number of fused-ring (bicyclic) bond motifs is 1. The molecule has 0 radical (unpaired) electrons. The number of nitrogens with two attached hydrogens (primary N) is 1. The van der Waals surface area contributed by atoms with Gasteiger partial charge in [-0.05, 0) is 20.8 Å². The fraction of sp³-hybridized carbons (Fsp3) is 0.688. The Balaban J connectivity index is 1.79. The van der Waals surface area contributed by atoms with Crippen molar-refractivity contribution in [3.8, 4) is 0 Å². The maximum atomic E-state index is 12.7. The van der Waals surface area contributed by atoms with Gasteiger partial charge in [-0.15, -0.1) is 0 Å². The molecule has 0 saturated heterocycles. The number of aliphatic imine (C=N–C) groups is 3. The summed E-state index contributed by atoms with van der Waals surface area (Å²) in [5, 5.41) is 0. The van der Waals surface area contributed by atoms with Gasteiger partial charge in [0.1, 0.15) is 24.6 Å². The lowest BCUT2D eigenvalue weighted by atomic mass is 9.98. The predicted molar refractivity (Wildman–Crippen MR) is 106 cm³/mol. The Hall–Kier alpha value is -2.34. The smallest absolute Gasteiger partial charge is 0.361 e. The van der Waals surface area contributed by atoms with Gasteiger partial charge in [0.25, 0.3) is 6.47 Å². The summed E-state index contributed by atoms with van der Waals surface area (Å²) < 4.78 is 37.5. The molecule has 0 aliphatic carbocycles. The van der Waals surface area contributed by atoms with Crippen LogP contribution in [0.25, 0.3) is 0 Å². The third kappa shape index (κ3) is 6.87. The first-order chi connectivity index (χ1) is 14.2. The number of hydrogen-bond acceptors (Lipinski definition) is 13. The number of carbonyl (C=O) groups excluding carboxylic acids is 2. The first-order valence-corrected chi connectivity index (χ1v) is 10.7. The average molecular weight is 447 g/mol. The standard InChI is InChI=1S/C16H26N5O8P/c1-16(2,3)15(23)27-10-29-30(24,28-9-26-8-22)11-25-5-4-21-7-20-12-13(17)18-6-19-14(12)21/h6-8,12,14H,4-5,9-11H2,1-3H3,(H2,17,18,19). The van der Waals surface area contributed by atoms with Crippen molar-refractivity contribution in [1.82, 2.24) is 4.90 Å². The number of rotatable bonds is 12. The molecule has 2 rings (SSSR count). The first-order valence-electron chi connectivity index (χ1n) is 8.98. The van der Waals surface area contributed by atoms with E-state index in [1.54, 1.807) is 32.0 Å². The fourth-order valence-corrected chi connectivity index (χ4v) is 3.30. The Bertz CT molecular complexity index is 750. The van der Waals surface area contributed by atoms with Gasteiger partial charge >= 0.3 is 13.6 Å². The van der Waals surface area contributed by atoms with Crippen molar-refractivity contribution in [2.45, 2.75) is 33.0 Å². The normalized spacial score (nSPS) is 22.2. The van der Waals surface area contributed by atoms with E-state index in [4.69, 9.17) is 24.3 Å². The lowest BCUT2D eigenvalue weighted by Crippen LogP contribution is -2.44. The molecule has 3 unspecified atom stereocenters. The Labute approximate surface area is 173 Å². The molecular formula is C16H26N5O8P. The largest absolute Gasteiger partial charge is 0.440 e. The molecule has 2 heterocycles. The summed E-state index contributed by atoms with van der Waals surface area (Å²) in [7, 11) is -3.86. The Kier molecular flexibility index (Phi) is 8.47. The van der Waals surface area contributed by atoms with E-state index in [0.717, 1.165) is 0 Å². The summed E-state index contributed by atoms with van der Waals surface area (Å²) in [6.07, 6.45) is 2.22. The third-order valence-electron chi connectivity index (χ3n) is 3.91. The number of hydrogen-bond donors (Lipinski definition) is 1. The minimum atomic E-state index is -3.86. The monoisotopic (exact) mass is 447 g/mol. The predicted octanol–water partition coefficient (Wildman–Crippen LogP) is 0.302. The second-order valence-electron chi connectivity index (χ2n) is 7.27. The van der Waals surface area contributed by atoms with Crippen LogP contribution < -0.4 is 5.73 Å². The second-order valence-corrected chi connectivity index (χ2v) is 9.26. The molecule has 0 saturated carbocycles. The molecule has 0 aromatic heterocycles. The zero-order valence-corrected chi connectivity index (χ0v) is 17.9. The fourth-order valence-electron chi connectivity index (χ4n) is 2.29. The van der Waals surface area contributed by atoms with Crippen LogP contribution >= 0.6 is 7.60 Å². The quantitative estimate of drug-likeness (QED) is 0.145. The Morgan fingerprint density at radius 1 is 1.30 bits per heavy atom. The zero-order chi connectivity index (χ0) is 22.2. The molecule has 13 nitrogen and oxygen atoms in total. The van der Waals surface area contributed by atoms with E-state index in [2.05, 4.69) is 19.7 Å². The van der Waals surface area contributed by atoms with Gasteiger partial charge in [0.2, 0.25) is 13.6 Å². The summed E-state index contributed by atoms with van der Waals surface area (Å²) in [6, 6.07) is -0.342. The van der Waals surface area contributed by atoms with Crippen molar-refractivity contribution < 1.29 is 37.4 Å². The first kappa shape index (κ1) is 23.9. The van der Waals surface area contributed by atoms with Crippen LogP contribution in [0.1, 0.15) is 20.8 Å². The summed E-state index contributed by atoms with van der Waals surface area (Å²) in [5.74, 6) is -0.168. The lowest BCUT2D eigenvalue weighted by Gasteiger charge is -2.26. The summed E-state index contributed by atoms with van der Waals surface area (Å²) in [5.41, 5.74) is 5.04. The van der Waals surface area contributed by atoms with Crippen LogP contribution in [0.3, 0.4) is 0 Å². The molecule has 2 aliphatic heterocycles. The molecule has 0 bridgehead atoms. The molecule has 0 aromatic carbocycles. The van der Waals surface area contributed by atoms with Crippen LogP contribution in [0.15, 0.2) is 15.0 Å². The summed E-state index contributed by atoms with van der Waals surface area (Å²) in [4.78, 5) is 36.2. The molecule has 0 amide bonds. The summed E-state index contributed by atoms with van der Waals surface area (Å²) in [6.45, 7) is 4.42. The van der Waals surface area contributed by atoms with E-state index >= 15 is 0 Å². The zero-order valence-electron chi connectivity index (χ0n) is 17.0. The number of amidine groups is 1. The highest BCUT2D eigenvalue weighted by Crippen LogP contribution is 2.48. The van der Waals surface area contributed by atoms with E-state index in [9.17, 15) is 14.2 Å². The molecule has 14 heteroatoms. The van der Waals surface area contributed by atoms with Gasteiger partial charge < -0.3 is 24.8 Å². The number of esters is 1. The van der Waals surface area contributed by atoms with Crippen LogP contribution in [-0.2, 0) is 37.4 Å². The van der Waals surface area contributed by atoms with E-state index in [1.807, 2.05) is 0 Å². The van der Waals surface area contributed by atoms with Gasteiger partial charge in [0.05, 0.1) is 18.4 Å². The highest BCUT2D eigenvalue weighted by atomic mass is 31.2. The lowest BCUT2D eigenvalue weighted by molar-refractivity contribution is -0.160. The minimum Gasteiger partial charge on any atom is -0.440 e. The third-order valence-corrected chi connectivity index (χ3v) is 5.40. The molecule has 30 heavy (non-hydrogen) atoms. The average Bonchev–Trinajstić information content (AvgIpc) is 3.09. The van der Waals surface area contributed by atoms with Gasteiger partial charge in [-0.25, -0.2) is 9.98 Å². The van der Waals surface area contributed by atoms with Crippen LogP contribution in [0.4, 0.5) is 0 Å². The van der Waals surface area contributed by atoms with Gasteiger partial charge in [0.15, 0.2) is 6.17 Å². The van der Waals surface area contributed by atoms with Crippen molar-refractivity contribution >= 4 is 38.5 Å². The van der Waals surface area contributed by atoms with Gasteiger partial charge in [-0.2, -0.15) is 0 Å². The minimum absolute atomic E-state index is 0.133. The van der Waals surface area contributed by atoms with Crippen molar-refractivity contribution in [3.05, 3.63) is 0 Å². The van der Waals surface area contributed by atoms with Crippen LogP contribution in [0.2, 0.25) is 0 Å². The second kappa shape index (κ2) is 10.6. The van der Waals surface area contributed by atoms with Crippen LogP contribution in [-0.4, -0.2) is 81.1 Å². The van der Waals surface area contributed by atoms with Crippen LogP contribution in [0, 0.1) is 5.41 Å². The molecule has 0 spiro atoms. The van der Waals surface area contributed by atoms with Gasteiger partial charge in [-0.1, -0.05) is 0 Å². The molecular weight excluding hydrogens is 421 g/mol. The highest BCUT2D eigenvalue weighted by Gasteiger charge is 2.34. The van der Waals surface area contributed by atoms with Crippen molar-refractivity contribution in [3.63, 3.8) is 0 Å². The maximum Gasteiger partial charge on any atom is 0.361 e. The van der Waals surface area contributed by atoms with Crippen molar-refractivity contribution in [2.24, 2.45) is 26.1 Å². The molecule has 0 fully saturated rings. The number of carbonyl (C=O) groups is 2. The summed E-state index contributed by atoms with van der Waals surface area (Å²) >= 11 is 0. The topological polar surface area (TPSA) is 164 Å². The molecule has 168 valence electrons. The van der Waals surface area contributed by atoms with Crippen molar-refractivity contribution in [1.29, 1.82) is 0 Å². The van der Waals surface area contributed by atoms with Gasteiger partial charge in [0, 0.05) is 6.54 Å². The molecule has 0 aromatic rings. The van der Waals surface area contributed by atoms with Crippen molar-refractivity contribution in [2.75, 3.05) is 33.1 Å². The molecule has 2 aliphatic rings. The molecule has 2 N–H and O–H groups in total. The van der Waals surface area contributed by atoms with E-state index in [1.165, 1.54) is 6.34 Å². The number of ether oxygens (including phenoxy) is 3. The van der Waals surface area contributed by atoms with Gasteiger partial charge in [-0.3, -0.25) is 28.2 Å². The maximum absolute atomic E-state index is 12.7. The highest BCUT2D eigenvalue weighted by molar-refractivity contribution is 7.53.